The molecule has 1 aliphatic rings. The predicted octanol–water partition coefficient (Wildman–Crippen LogP) is 1.81. The molecule has 0 aromatic rings. The summed E-state index contributed by atoms with van der Waals surface area (Å²) in [4.78, 5) is 0. The van der Waals surface area contributed by atoms with Crippen LogP contribution in [0.1, 0.15) is 0 Å². The number of ether oxygens (including phenoxy) is 3. The van der Waals surface area contributed by atoms with E-state index in [1.54, 1.807) is 14.2 Å². The molecule has 132 valence electrons. The first-order valence-corrected chi connectivity index (χ1v) is 14.5. The monoisotopic (exact) mass is 352 g/mol. The number of aliphatic hydroxyl groups is 1. The third kappa shape index (κ3) is 6.01. The smallest absolute Gasteiger partial charge is 0.184 e. The van der Waals surface area contributed by atoms with Crippen molar-refractivity contribution in [1.82, 2.24) is 0 Å². The van der Waals surface area contributed by atoms with Crippen LogP contribution < -0.4 is 0 Å². The second-order valence-electron chi connectivity index (χ2n) is 7.58. The fraction of sp³-hybridized carbons (Fsp3) is 1.00. The van der Waals surface area contributed by atoms with Crippen LogP contribution in [0.25, 0.3) is 0 Å². The van der Waals surface area contributed by atoms with Gasteiger partial charge < -0.3 is 28.2 Å². The van der Waals surface area contributed by atoms with E-state index in [4.69, 9.17) is 23.1 Å². The van der Waals surface area contributed by atoms with E-state index in [0.29, 0.717) is 6.61 Å². The lowest BCUT2D eigenvalue weighted by Gasteiger charge is -2.46. The Morgan fingerprint density at radius 1 is 0.864 bits per heavy atom. The van der Waals surface area contributed by atoms with Gasteiger partial charge in [0.05, 0.1) is 6.61 Å². The topological polar surface area (TPSA) is 66.4 Å². The summed E-state index contributed by atoms with van der Waals surface area (Å²) in [6.07, 6.45) is -2.70. The van der Waals surface area contributed by atoms with E-state index in [1.165, 1.54) is 0 Å². The van der Waals surface area contributed by atoms with Crippen LogP contribution in [0.4, 0.5) is 0 Å². The van der Waals surface area contributed by atoms with Gasteiger partial charge in [-0.25, -0.2) is 0 Å². The van der Waals surface area contributed by atoms with Gasteiger partial charge in [-0.2, -0.15) is 0 Å². The quantitative estimate of drug-likeness (QED) is 0.705. The maximum atomic E-state index is 10.2. The van der Waals surface area contributed by atoms with E-state index in [-0.39, 0.29) is 18.3 Å². The van der Waals surface area contributed by atoms with Crippen molar-refractivity contribution < 1.29 is 28.2 Å². The third-order valence-electron chi connectivity index (χ3n) is 3.32. The van der Waals surface area contributed by atoms with Crippen molar-refractivity contribution >= 4 is 16.6 Å². The van der Waals surface area contributed by atoms with Crippen molar-refractivity contribution in [3.63, 3.8) is 0 Å². The summed E-state index contributed by atoms with van der Waals surface area (Å²) in [7, 11) is -0.348. The molecule has 0 aromatic heterocycles. The summed E-state index contributed by atoms with van der Waals surface area (Å²) >= 11 is 0. The first-order chi connectivity index (χ1) is 9.98. The Morgan fingerprint density at radius 3 is 1.82 bits per heavy atom. The average molecular weight is 353 g/mol. The van der Waals surface area contributed by atoms with Gasteiger partial charge in [0.25, 0.3) is 0 Å². The first-order valence-electron chi connectivity index (χ1n) is 7.69. The summed E-state index contributed by atoms with van der Waals surface area (Å²) in [5.74, 6) is 0. The summed E-state index contributed by atoms with van der Waals surface area (Å²) in [6, 6.07) is 0. The lowest BCUT2D eigenvalue weighted by molar-refractivity contribution is -0.291. The Bertz CT molecular complexity index is 341. The minimum Gasteiger partial charge on any atom is -0.415 e. The Morgan fingerprint density at radius 2 is 1.41 bits per heavy atom. The molecule has 1 saturated heterocycles. The fourth-order valence-electron chi connectivity index (χ4n) is 2.44. The molecular weight excluding hydrogens is 320 g/mol. The SMILES string of the molecule is CO[C@H]1[C@H](O[Si](C)(C)C)[C@@H](OC)C(O)O[C@@H]1CO[Si](C)(C)C. The Kier molecular flexibility index (Phi) is 7.22. The third-order valence-corrected chi connectivity index (χ3v) is 5.34. The van der Waals surface area contributed by atoms with Gasteiger partial charge in [0.15, 0.2) is 22.9 Å². The van der Waals surface area contributed by atoms with E-state index >= 15 is 0 Å². The molecule has 0 radical (unpaired) electrons. The van der Waals surface area contributed by atoms with Gasteiger partial charge in [-0.3, -0.25) is 0 Å². The highest BCUT2D eigenvalue weighted by Gasteiger charge is 2.48. The second-order valence-corrected chi connectivity index (χ2v) is 16.6. The van der Waals surface area contributed by atoms with Crippen molar-refractivity contribution in [3.8, 4) is 0 Å². The van der Waals surface area contributed by atoms with Gasteiger partial charge in [0.1, 0.15) is 24.4 Å². The largest absolute Gasteiger partial charge is 0.415 e. The zero-order chi connectivity index (χ0) is 17.1. The highest BCUT2D eigenvalue weighted by atomic mass is 28.4. The summed E-state index contributed by atoms with van der Waals surface area (Å²) in [5, 5.41) is 10.2. The molecule has 22 heavy (non-hydrogen) atoms. The molecule has 5 atom stereocenters. The van der Waals surface area contributed by atoms with Crippen LogP contribution >= 0.6 is 0 Å². The van der Waals surface area contributed by atoms with Gasteiger partial charge in [0.2, 0.25) is 0 Å². The molecule has 0 saturated carbocycles. The van der Waals surface area contributed by atoms with Crippen molar-refractivity contribution in [2.45, 2.75) is 70.0 Å². The van der Waals surface area contributed by atoms with Crippen molar-refractivity contribution in [2.24, 2.45) is 0 Å². The van der Waals surface area contributed by atoms with Crippen LogP contribution in [0.3, 0.4) is 0 Å². The molecule has 1 rings (SSSR count). The first kappa shape index (κ1) is 20.2. The minimum atomic E-state index is -1.84. The zero-order valence-corrected chi connectivity index (χ0v) is 17.1. The lowest BCUT2D eigenvalue weighted by atomic mass is 9.99. The predicted molar refractivity (Wildman–Crippen MR) is 90.0 cm³/mol. The van der Waals surface area contributed by atoms with Crippen molar-refractivity contribution in [3.05, 3.63) is 0 Å². The Labute approximate surface area is 136 Å². The number of rotatable bonds is 7. The van der Waals surface area contributed by atoms with Gasteiger partial charge in [0, 0.05) is 14.2 Å². The molecule has 1 fully saturated rings. The van der Waals surface area contributed by atoms with E-state index in [0.717, 1.165) is 0 Å². The highest BCUT2D eigenvalue weighted by Crippen LogP contribution is 2.29. The summed E-state index contributed by atoms with van der Waals surface area (Å²) < 4.78 is 28.9. The lowest BCUT2D eigenvalue weighted by Crippen LogP contribution is -2.63. The molecule has 0 aromatic carbocycles. The van der Waals surface area contributed by atoms with Gasteiger partial charge >= 0.3 is 0 Å². The van der Waals surface area contributed by atoms with Crippen molar-refractivity contribution in [2.75, 3.05) is 20.8 Å². The molecule has 1 aliphatic heterocycles. The van der Waals surface area contributed by atoms with Crippen LogP contribution in [0.15, 0.2) is 0 Å². The molecule has 0 spiro atoms. The molecule has 1 unspecified atom stereocenters. The van der Waals surface area contributed by atoms with Crippen molar-refractivity contribution in [1.29, 1.82) is 0 Å². The number of hydrogen-bond acceptors (Lipinski definition) is 6. The molecule has 8 heteroatoms. The summed E-state index contributed by atoms with van der Waals surface area (Å²) in [6.45, 7) is 13.0. The van der Waals surface area contributed by atoms with Gasteiger partial charge in [-0.05, 0) is 39.3 Å². The number of hydrogen-bond donors (Lipinski definition) is 1. The number of aliphatic hydroxyl groups excluding tert-OH is 1. The molecule has 1 heterocycles. The van der Waals surface area contributed by atoms with E-state index in [9.17, 15) is 5.11 Å². The van der Waals surface area contributed by atoms with Gasteiger partial charge in [-0.1, -0.05) is 0 Å². The average Bonchev–Trinajstić information content (AvgIpc) is 2.33. The molecular formula is C14H32O6Si2. The molecule has 0 bridgehead atoms. The Hall–Kier alpha value is 0.194. The normalized spacial score (nSPS) is 34.0. The number of methoxy groups -OCH3 is 2. The van der Waals surface area contributed by atoms with Crippen LogP contribution in [0, 0.1) is 0 Å². The minimum absolute atomic E-state index is 0.337. The highest BCUT2D eigenvalue weighted by molar-refractivity contribution is 6.70. The summed E-state index contributed by atoms with van der Waals surface area (Å²) in [5.41, 5.74) is 0. The zero-order valence-electron chi connectivity index (χ0n) is 15.1. The standard InChI is InChI=1S/C14H32O6Si2/c1-16-11-10(9-18-21(3,4)5)19-14(15)13(17-2)12(11)20-22(6,7)8/h10-15H,9H2,1-8H3/t10-,11-,12+,13-,14?/m1/s1. The van der Waals surface area contributed by atoms with Crippen LogP contribution in [-0.4, -0.2) is 73.3 Å². The maximum Gasteiger partial charge on any atom is 0.184 e. The molecule has 1 N–H and O–H groups in total. The van der Waals surface area contributed by atoms with E-state index in [2.05, 4.69) is 39.3 Å². The van der Waals surface area contributed by atoms with Crippen LogP contribution in [0.5, 0.6) is 0 Å². The molecule has 0 amide bonds. The second kappa shape index (κ2) is 7.84. The van der Waals surface area contributed by atoms with Crippen LogP contribution in [-0.2, 0) is 23.1 Å². The van der Waals surface area contributed by atoms with E-state index < -0.39 is 29.0 Å². The molecule has 0 aliphatic carbocycles. The van der Waals surface area contributed by atoms with Gasteiger partial charge in [-0.15, -0.1) is 0 Å². The Balaban J connectivity index is 2.91. The van der Waals surface area contributed by atoms with E-state index in [1.807, 2.05) is 0 Å². The fourth-order valence-corrected chi connectivity index (χ4v) is 4.19. The maximum absolute atomic E-state index is 10.2. The molecule has 6 nitrogen and oxygen atoms in total. The van der Waals surface area contributed by atoms with Crippen LogP contribution in [0.2, 0.25) is 39.3 Å².